The van der Waals surface area contributed by atoms with Crippen LogP contribution in [0.5, 0.6) is 0 Å². The van der Waals surface area contributed by atoms with Crippen LogP contribution in [0.15, 0.2) is 141 Å². The number of Topliss-reactive ketones (excluding diaryl/α,β-unsaturated/α-hetero) is 1. The number of nitrogens with zero attached hydrogens (tertiary/aromatic N) is 12. The molecule has 13 rings (SSSR count). The van der Waals surface area contributed by atoms with Gasteiger partial charge >= 0.3 is 30.4 Å². The van der Waals surface area contributed by atoms with E-state index in [1.807, 2.05) is 119 Å². The lowest BCUT2D eigenvalue weighted by Crippen LogP contribution is -2.36. The number of aliphatic carboxylic acids is 1. The van der Waals surface area contributed by atoms with Crippen LogP contribution in [0.4, 0.5) is 27.6 Å². The second-order valence-corrected chi connectivity index (χ2v) is 29.5. The summed E-state index contributed by atoms with van der Waals surface area (Å²) in [6, 6.07) is 36.7. The largest absolute Gasteiger partial charge is 0.481 e. The lowest BCUT2D eigenvalue weighted by molar-refractivity contribution is -0.142. The maximum atomic E-state index is 13.5. The number of carboxylic acid groups (broad SMARTS) is 1. The van der Waals surface area contributed by atoms with Gasteiger partial charge in [-0.15, -0.1) is 47.6 Å². The smallest absolute Gasteiger partial charge is 0.435 e. The Morgan fingerprint density at radius 2 is 0.948 bits per heavy atom. The molecular formula is C81H103BrF3N15O15. The maximum Gasteiger partial charge on any atom is 0.435 e. The maximum absolute atomic E-state index is 13.5. The van der Waals surface area contributed by atoms with E-state index in [0.717, 1.165) is 65.3 Å². The Morgan fingerprint density at radius 3 is 1.37 bits per heavy atom. The van der Waals surface area contributed by atoms with E-state index in [-0.39, 0.29) is 122 Å². The van der Waals surface area contributed by atoms with Gasteiger partial charge < -0.3 is 68.1 Å². The summed E-state index contributed by atoms with van der Waals surface area (Å²) in [5.41, 5.74) is 1.39. The predicted molar refractivity (Wildman–Crippen MR) is 418 cm³/mol. The highest BCUT2D eigenvalue weighted by atomic mass is 79.9. The average Bonchev–Trinajstić information content (AvgIpc) is 1.65. The highest BCUT2D eigenvalue weighted by Crippen LogP contribution is 2.33. The lowest BCUT2D eigenvalue weighted by Gasteiger charge is -2.16. The van der Waals surface area contributed by atoms with Crippen molar-refractivity contribution in [3.63, 3.8) is 0 Å². The molecule has 4 N–H and O–H groups in total. The molecule has 4 aromatic heterocycles. The molecule has 0 spiro atoms. The molecule has 0 aliphatic carbocycles. The van der Waals surface area contributed by atoms with Gasteiger partial charge in [0.25, 0.3) is 5.91 Å². The number of aromatic nitrogens is 8. The number of likely N-dealkylation sites (tertiary alicyclic amines) is 4. The molecule has 620 valence electrons. The van der Waals surface area contributed by atoms with E-state index in [9.17, 15) is 51.5 Å². The Labute approximate surface area is 676 Å². The monoisotopic (exact) mass is 1660 g/mol. The summed E-state index contributed by atoms with van der Waals surface area (Å²) in [6.45, 7) is 22.2. The average molecular weight is 1660 g/mol. The van der Waals surface area contributed by atoms with E-state index in [1.165, 1.54) is 4.90 Å². The first-order valence-electron chi connectivity index (χ1n) is 38.6. The molecule has 5 atom stereocenters. The Hall–Kier alpha value is -10.9. The minimum Gasteiger partial charge on any atom is -0.481 e. The molecule has 5 aliphatic heterocycles. The fourth-order valence-corrected chi connectivity index (χ4v) is 12.5. The number of nitrogens with one attached hydrogen (secondary N) is 3. The van der Waals surface area contributed by atoms with Crippen LogP contribution in [0.1, 0.15) is 204 Å². The van der Waals surface area contributed by atoms with Gasteiger partial charge in [0.05, 0.1) is 41.5 Å². The Morgan fingerprint density at radius 1 is 0.530 bits per heavy atom. The number of halogens is 4. The third kappa shape index (κ3) is 27.4. The van der Waals surface area contributed by atoms with Crippen LogP contribution in [0.3, 0.4) is 0 Å². The second kappa shape index (κ2) is 44.1. The van der Waals surface area contributed by atoms with E-state index >= 15 is 0 Å². The van der Waals surface area contributed by atoms with Gasteiger partial charge in [-0.25, -0.2) is 19.1 Å². The summed E-state index contributed by atoms with van der Waals surface area (Å²) in [5.74, 6) is 2.21. The van der Waals surface area contributed by atoms with Crippen molar-refractivity contribution in [3.05, 3.63) is 191 Å². The van der Waals surface area contributed by atoms with Crippen LogP contribution >= 0.6 is 17.0 Å². The highest BCUT2D eigenvalue weighted by molar-refractivity contribution is 8.93. The number of carboxylic acids is 1. The number of hydrogen-bond donors (Lipinski definition) is 4. The first-order valence-corrected chi connectivity index (χ1v) is 38.6. The van der Waals surface area contributed by atoms with E-state index in [4.69, 9.17) is 32.6 Å². The third-order valence-corrected chi connectivity index (χ3v) is 19.3. The first kappa shape index (κ1) is 89.6. The van der Waals surface area contributed by atoms with Gasteiger partial charge in [-0.2, -0.15) is 18.3 Å². The number of hydrogen-bond acceptors (Lipinski definition) is 22. The fourth-order valence-electron chi connectivity index (χ4n) is 12.5. The predicted octanol–water partition coefficient (Wildman–Crippen LogP) is 12.8. The number of ether oxygens (including phenoxy) is 3. The van der Waals surface area contributed by atoms with Gasteiger partial charge in [-0.05, 0) is 73.9 Å². The quantitative estimate of drug-likeness (QED) is 0.0341. The third-order valence-electron chi connectivity index (χ3n) is 19.3. The number of amides is 6. The van der Waals surface area contributed by atoms with Crippen LogP contribution in [0, 0.1) is 17.8 Å². The summed E-state index contributed by atoms with van der Waals surface area (Å²) < 4.78 is 74.2. The van der Waals surface area contributed by atoms with Crippen molar-refractivity contribution in [2.24, 2.45) is 17.8 Å². The molecule has 0 bridgehead atoms. The van der Waals surface area contributed by atoms with Crippen LogP contribution in [-0.2, 0) is 59.4 Å². The molecular weight excluding hydrogens is 1560 g/mol. The highest BCUT2D eigenvalue weighted by Gasteiger charge is 2.40. The molecule has 0 radical (unpaired) electrons. The molecule has 0 saturated carbocycles. The summed E-state index contributed by atoms with van der Waals surface area (Å²) in [7, 11) is 0. The van der Waals surface area contributed by atoms with Crippen molar-refractivity contribution in [2.45, 2.75) is 162 Å². The molecule has 5 unspecified atom stereocenters. The number of benzene rings is 4. The summed E-state index contributed by atoms with van der Waals surface area (Å²) in [6.07, 6.45) is -0.668. The number of carbonyl (C=O) groups excluding carboxylic acids is 7. The van der Waals surface area contributed by atoms with Crippen molar-refractivity contribution in [2.75, 3.05) is 78.5 Å². The summed E-state index contributed by atoms with van der Waals surface area (Å²) in [4.78, 5) is 102. The van der Waals surface area contributed by atoms with Crippen molar-refractivity contribution < 1.29 is 84.1 Å². The Bertz CT molecular complexity index is 4390. The Balaban J connectivity index is 0.000000186. The zero-order valence-corrected chi connectivity index (χ0v) is 67.7. The van der Waals surface area contributed by atoms with Crippen molar-refractivity contribution in [3.8, 4) is 5.69 Å². The molecule has 5 fully saturated rings. The van der Waals surface area contributed by atoms with Gasteiger partial charge in [-0.3, -0.25) is 24.0 Å². The second-order valence-electron chi connectivity index (χ2n) is 29.5. The van der Waals surface area contributed by atoms with Gasteiger partial charge in [0.2, 0.25) is 47.2 Å². The van der Waals surface area contributed by atoms with Gasteiger partial charge in [0.1, 0.15) is 19.8 Å². The molecule has 34 heteroatoms. The normalized spacial score (nSPS) is 17.6. The zero-order chi connectivity index (χ0) is 81.8. The topological polar surface area (TPSA) is 368 Å². The van der Waals surface area contributed by atoms with E-state index in [1.54, 1.807) is 58.9 Å². The van der Waals surface area contributed by atoms with Gasteiger partial charge in [0, 0.05) is 108 Å². The SMILES string of the molecule is Br.CC(C)C(=O)NCC(=O)C1CCN(C(=O)OCc2ccccc2)C1.CC(C)c1nnc(C2CCN(C(=O)CCCNC(=O)c3cn(-c4ccccc4)nc3C(F)(F)F)C2)o1.CC(C)c1nnc(C2CCN(C(=O)OCc3ccccc3)C2)o1.CC(C)c1nnc(C2CCNC2)o1.O=C(O)C1CCN(C(=O)OCc2ccccc2)C1. The number of alkyl halides is 3. The lowest BCUT2D eigenvalue weighted by atomic mass is 10.0. The molecule has 9 heterocycles. The minimum atomic E-state index is -4.79. The zero-order valence-electron chi connectivity index (χ0n) is 65.9. The van der Waals surface area contributed by atoms with Crippen molar-refractivity contribution >= 4 is 64.7 Å². The summed E-state index contributed by atoms with van der Waals surface area (Å²) in [5, 5.41) is 45.2. The van der Waals surface area contributed by atoms with Gasteiger partial charge in [-0.1, -0.05) is 165 Å². The van der Waals surface area contributed by atoms with Crippen molar-refractivity contribution in [1.82, 2.24) is 75.9 Å². The standard InChI is InChI=1S/C24H27F3N6O3.C18H24N2O4.C17H21N3O3.C13H15NO4.C9H15N3O.BrH/c1-15(2)22-29-30-23(36-22)16-10-12-32(13-16)19(34)9-6-11-28-21(35)18-14-33(17-7-4-3-5-8-17)31-20(18)24(25,26)27;1-13(2)17(22)19-10-16(21)15-8-9-20(11-15)18(23)24-12-14-6-4-3-5-7-14;1-12(2)15-18-19-16(23-15)14-8-9-20(10-14)17(21)22-11-13-6-4-3-5-7-13;15-12(16)11-6-7-14(8-11)13(17)18-9-10-4-2-1-3-5-10;1-6(2)8-11-12-9(13-8)7-3-4-10-5-7;/h3-5,7-8,14-16H,6,9-13H2,1-2H3,(H,28,35);3-7,13,15H,8-12H2,1-2H3,(H,19,22);3-7,12,14H,8-11H2,1-2H3;1-5,11H,6-9H2,(H,15,16);6-7,10H,3-5H2,1-2H3;1H. The number of para-hydroxylation sites is 1. The molecule has 30 nitrogen and oxygen atoms in total. The number of carbonyl (C=O) groups is 8. The first-order chi connectivity index (χ1) is 54.7. The molecule has 8 aromatic rings. The Kier molecular flexibility index (Phi) is 34.4. The molecule has 5 saturated heterocycles. The molecule has 5 aliphatic rings. The summed E-state index contributed by atoms with van der Waals surface area (Å²) >= 11 is 0. The van der Waals surface area contributed by atoms with Crippen LogP contribution in [0.2, 0.25) is 0 Å². The van der Waals surface area contributed by atoms with E-state index in [0.29, 0.717) is 113 Å². The molecule has 6 amide bonds. The fraction of sp³-hybridized carbons (Fsp3) is 0.494. The number of rotatable bonds is 23. The molecule has 4 aromatic carbocycles. The van der Waals surface area contributed by atoms with Crippen molar-refractivity contribution in [1.29, 1.82) is 0 Å². The van der Waals surface area contributed by atoms with E-state index in [2.05, 4.69) is 65.5 Å². The van der Waals surface area contributed by atoms with Crippen LogP contribution < -0.4 is 16.0 Å². The van der Waals surface area contributed by atoms with E-state index < -0.39 is 47.4 Å². The van der Waals surface area contributed by atoms with Crippen LogP contribution in [0.25, 0.3) is 5.69 Å². The molecule has 115 heavy (non-hydrogen) atoms. The number of ketones is 1. The van der Waals surface area contributed by atoms with Crippen LogP contribution in [-0.4, -0.2) is 191 Å². The van der Waals surface area contributed by atoms with Gasteiger partial charge in [0.15, 0.2) is 11.5 Å². The minimum absolute atomic E-state index is 0.